The summed E-state index contributed by atoms with van der Waals surface area (Å²) in [5, 5.41) is 13.8. The fourth-order valence-corrected chi connectivity index (χ4v) is 3.85. The lowest BCUT2D eigenvalue weighted by molar-refractivity contribution is 0.177. The minimum atomic E-state index is 0.256. The topological polar surface area (TPSA) is 85.6 Å². The average Bonchev–Trinajstić information content (AvgIpc) is 3.19. The molecule has 1 unspecified atom stereocenters. The zero-order chi connectivity index (χ0) is 21.6. The van der Waals surface area contributed by atoms with Gasteiger partial charge in [-0.05, 0) is 47.9 Å². The molecule has 0 amide bonds. The maximum absolute atomic E-state index is 5.31. The molecule has 2 heterocycles. The van der Waals surface area contributed by atoms with Gasteiger partial charge in [-0.3, -0.25) is 0 Å². The Morgan fingerprint density at radius 2 is 2.03 bits per heavy atom. The molecule has 1 aromatic heterocycles. The minimum Gasteiger partial charge on any atom is -0.497 e. The molecule has 0 radical (unpaired) electrons. The molecular weight excluding hydrogens is 392 g/mol. The Hall–Kier alpha value is -3.13. The number of nitrogens with one attached hydrogen (secondary N) is 2. The fraction of sp³-hybridized carbons (Fsp3) is 0.435. The summed E-state index contributed by atoms with van der Waals surface area (Å²) in [6.45, 7) is 4.71. The minimum absolute atomic E-state index is 0.256. The number of fused-ring (bicyclic) bond motifs is 2. The molecule has 0 fully saturated rings. The monoisotopic (exact) mass is 422 g/mol. The van der Waals surface area contributed by atoms with Gasteiger partial charge < -0.3 is 20.1 Å². The average molecular weight is 423 g/mol. The Morgan fingerprint density at radius 3 is 2.84 bits per heavy atom. The molecule has 0 bridgehead atoms. The molecule has 0 spiro atoms. The van der Waals surface area contributed by atoms with Crippen molar-refractivity contribution in [1.29, 1.82) is 0 Å². The third kappa shape index (κ3) is 5.14. The molecular formula is C23H30N6O2. The van der Waals surface area contributed by atoms with Gasteiger partial charge in [0.1, 0.15) is 18.2 Å². The number of aliphatic imine (C=N–C) groups is 1. The summed E-state index contributed by atoms with van der Waals surface area (Å²) in [4.78, 5) is 9.36. The molecule has 2 N–H and O–H groups in total. The molecule has 8 heteroatoms. The van der Waals surface area contributed by atoms with E-state index in [1.54, 1.807) is 14.2 Å². The van der Waals surface area contributed by atoms with Crippen LogP contribution in [0.5, 0.6) is 5.75 Å². The number of guanidine groups is 1. The van der Waals surface area contributed by atoms with Gasteiger partial charge in [0.2, 0.25) is 0 Å². The van der Waals surface area contributed by atoms with E-state index in [-0.39, 0.29) is 6.04 Å². The van der Waals surface area contributed by atoms with Crippen LogP contribution in [0.2, 0.25) is 0 Å². The second kappa shape index (κ2) is 9.78. The first-order valence-electron chi connectivity index (χ1n) is 10.7. The third-order valence-corrected chi connectivity index (χ3v) is 5.39. The Morgan fingerprint density at radius 1 is 1.19 bits per heavy atom. The van der Waals surface area contributed by atoms with E-state index in [0.717, 1.165) is 54.7 Å². The predicted octanol–water partition coefficient (Wildman–Crippen LogP) is 2.66. The Kier molecular flexibility index (Phi) is 6.66. The van der Waals surface area contributed by atoms with E-state index in [1.165, 1.54) is 10.9 Å². The van der Waals surface area contributed by atoms with Crippen molar-refractivity contribution in [2.45, 2.75) is 45.5 Å². The molecule has 1 aliphatic rings. The largest absolute Gasteiger partial charge is 0.497 e. The molecule has 0 saturated heterocycles. The Balaban J connectivity index is 1.43. The first kappa shape index (κ1) is 21.1. The fourth-order valence-electron chi connectivity index (χ4n) is 3.85. The third-order valence-electron chi connectivity index (χ3n) is 5.39. The van der Waals surface area contributed by atoms with Crippen LogP contribution >= 0.6 is 0 Å². The van der Waals surface area contributed by atoms with E-state index in [1.807, 2.05) is 16.8 Å². The van der Waals surface area contributed by atoms with Gasteiger partial charge >= 0.3 is 0 Å². The van der Waals surface area contributed by atoms with Gasteiger partial charge in [0, 0.05) is 26.1 Å². The number of aromatic nitrogens is 3. The summed E-state index contributed by atoms with van der Waals surface area (Å²) in [5.74, 6) is 3.46. The summed E-state index contributed by atoms with van der Waals surface area (Å²) in [6.07, 6.45) is 1.88. The molecule has 8 nitrogen and oxygen atoms in total. The van der Waals surface area contributed by atoms with Crippen LogP contribution in [0.15, 0.2) is 41.4 Å². The van der Waals surface area contributed by atoms with E-state index in [9.17, 15) is 0 Å². The summed E-state index contributed by atoms with van der Waals surface area (Å²) >= 11 is 0. The molecule has 31 heavy (non-hydrogen) atoms. The van der Waals surface area contributed by atoms with Crippen molar-refractivity contribution in [3.05, 3.63) is 53.6 Å². The molecule has 1 aliphatic heterocycles. The van der Waals surface area contributed by atoms with Crippen molar-refractivity contribution in [3.8, 4) is 5.75 Å². The van der Waals surface area contributed by atoms with Crippen LogP contribution in [-0.2, 0) is 30.9 Å². The predicted molar refractivity (Wildman–Crippen MR) is 121 cm³/mol. The van der Waals surface area contributed by atoms with Crippen LogP contribution in [0.3, 0.4) is 0 Å². The van der Waals surface area contributed by atoms with Gasteiger partial charge in [0.25, 0.3) is 0 Å². The van der Waals surface area contributed by atoms with E-state index in [2.05, 4.69) is 51.9 Å². The van der Waals surface area contributed by atoms with Gasteiger partial charge in [-0.15, -0.1) is 0 Å². The lowest BCUT2D eigenvalue weighted by Crippen LogP contribution is -2.47. The standard InChI is InChI=1S/C23H30N6O2/c1-4-24-23(26-19-8-10-22-27-21(15-30-2)28-29(22)14-19)25-13-16-5-6-18-12-20(31-3)9-7-17(18)11-16/h5-7,9,11-12,19H,4,8,10,13-15H2,1-3H3,(H2,24,25,26). The van der Waals surface area contributed by atoms with Crippen molar-refractivity contribution in [2.24, 2.45) is 4.99 Å². The van der Waals surface area contributed by atoms with Crippen molar-refractivity contribution in [3.63, 3.8) is 0 Å². The van der Waals surface area contributed by atoms with Gasteiger partial charge in [0.15, 0.2) is 11.8 Å². The normalized spacial score (nSPS) is 16.2. The molecule has 164 valence electrons. The number of benzene rings is 2. The van der Waals surface area contributed by atoms with Crippen LogP contribution in [0, 0.1) is 0 Å². The van der Waals surface area contributed by atoms with E-state index < -0.39 is 0 Å². The summed E-state index contributed by atoms with van der Waals surface area (Å²) in [6, 6.07) is 12.8. The lowest BCUT2D eigenvalue weighted by atomic mass is 10.1. The molecule has 0 aliphatic carbocycles. The van der Waals surface area contributed by atoms with Gasteiger partial charge in [0.05, 0.1) is 20.2 Å². The van der Waals surface area contributed by atoms with Crippen LogP contribution in [0.1, 0.15) is 30.6 Å². The zero-order valence-electron chi connectivity index (χ0n) is 18.4. The smallest absolute Gasteiger partial charge is 0.191 e. The summed E-state index contributed by atoms with van der Waals surface area (Å²) in [5.41, 5.74) is 1.17. The van der Waals surface area contributed by atoms with Crippen LogP contribution < -0.4 is 15.4 Å². The van der Waals surface area contributed by atoms with E-state index in [0.29, 0.717) is 13.2 Å². The first-order chi connectivity index (χ1) is 15.2. The van der Waals surface area contributed by atoms with Crippen LogP contribution in [0.25, 0.3) is 10.8 Å². The van der Waals surface area contributed by atoms with Crippen molar-refractivity contribution in [1.82, 2.24) is 25.4 Å². The summed E-state index contributed by atoms with van der Waals surface area (Å²) in [7, 11) is 3.35. The Labute approximate surface area is 182 Å². The molecule has 4 rings (SSSR count). The number of rotatable bonds is 7. The quantitative estimate of drug-likeness (QED) is 0.450. The number of ether oxygens (including phenoxy) is 2. The highest BCUT2D eigenvalue weighted by Gasteiger charge is 2.22. The van der Waals surface area contributed by atoms with Crippen molar-refractivity contribution < 1.29 is 9.47 Å². The second-order valence-electron chi connectivity index (χ2n) is 7.68. The SMILES string of the molecule is CCNC(=NCc1ccc2cc(OC)ccc2c1)NC1CCc2nc(COC)nn2C1. The molecule has 0 saturated carbocycles. The second-order valence-corrected chi connectivity index (χ2v) is 7.68. The molecule has 2 aromatic carbocycles. The highest BCUT2D eigenvalue weighted by atomic mass is 16.5. The van der Waals surface area contributed by atoms with Gasteiger partial charge in [-0.1, -0.05) is 18.2 Å². The number of hydrogen-bond donors (Lipinski definition) is 2. The van der Waals surface area contributed by atoms with Crippen LogP contribution in [-0.4, -0.2) is 47.5 Å². The van der Waals surface area contributed by atoms with E-state index in [4.69, 9.17) is 14.5 Å². The first-order valence-corrected chi connectivity index (χ1v) is 10.7. The maximum atomic E-state index is 5.31. The lowest BCUT2D eigenvalue weighted by Gasteiger charge is -2.25. The number of nitrogens with zero attached hydrogens (tertiary/aromatic N) is 4. The van der Waals surface area contributed by atoms with Crippen LogP contribution in [0.4, 0.5) is 0 Å². The molecule has 1 atom stereocenters. The zero-order valence-corrected chi connectivity index (χ0v) is 18.4. The molecule has 3 aromatic rings. The highest BCUT2D eigenvalue weighted by Crippen LogP contribution is 2.22. The summed E-state index contributed by atoms with van der Waals surface area (Å²) < 4.78 is 12.4. The number of hydrogen-bond acceptors (Lipinski definition) is 5. The van der Waals surface area contributed by atoms with Gasteiger partial charge in [-0.2, -0.15) is 5.10 Å². The number of methoxy groups -OCH3 is 2. The highest BCUT2D eigenvalue weighted by molar-refractivity contribution is 5.84. The van der Waals surface area contributed by atoms with Gasteiger partial charge in [-0.25, -0.2) is 14.7 Å². The number of aryl methyl sites for hydroxylation is 1. The van der Waals surface area contributed by atoms with E-state index >= 15 is 0 Å². The van der Waals surface area contributed by atoms with Crippen molar-refractivity contribution in [2.75, 3.05) is 20.8 Å². The van der Waals surface area contributed by atoms with Crippen molar-refractivity contribution >= 4 is 16.7 Å². The maximum Gasteiger partial charge on any atom is 0.191 e. The Bertz CT molecular complexity index is 1060.